The van der Waals surface area contributed by atoms with Crippen LogP contribution in [-0.4, -0.2) is 30.9 Å². The van der Waals surface area contributed by atoms with Gasteiger partial charge in [0.05, 0.1) is 12.7 Å². The monoisotopic (exact) mass is 277 g/mol. The average Bonchev–Trinajstić information content (AvgIpc) is 2.42. The number of anilines is 2. The van der Waals surface area contributed by atoms with Gasteiger partial charge >= 0.3 is 5.97 Å². The molecule has 0 saturated carbocycles. The maximum Gasteiger partial charge on any atom is 0.340 e. The first-order chi connectivity index (χ1) is 9.51. The molecule has 0 aliphatic carbocycles. The Labute approximate surface area is 115 Å². The highest BCUT2D eigenvalue weighted by atomic mass is 16.5. The highest BCUT2D eigenvalue weighted by Gasteiger charge is 2.27. The number of nitrogens with two attached hydrogens (primary N) is 1. The number of hydrogen-bond donors (Lipinski definition) is 3. The first kappa shape index (κ1) is 13.9. The van der Waals surface area contributed by atoms with Crippen molar-refractivity contribution in [1.82, 2.24) is 5.32 Å². The van der Waals surface area contributed by atoms with E-state index in [-0.39, 0.29) is 17.9 Å². The van der Waals surface area contributed by atoms with Crippen molar-refractivity contribution in [3.8, 4) is 0 Å². The molecule has 20 heavy (non-hydrogen) atoms. The number of nitrogen functional groups attached to an aromatic ring is 1. The summed E-state index contributed by atoms with van der Waals surface area (Å²) >= 11 is 0. The normalized spacial score (nSPS) is 18.4. The molecule has 1 aliphatic rings. The largest absolute Gasteiger partial charge is 0.465 e. The number of amides is 2. The van der Waals surface area contributed by atoms with Crippen LogP contribution in [0.3, 0.4) is 0 Å². The van der Waals surface area contributed by atoms with E-state index in [0.717, 1.165) is 0 Å². The van der Waals surface area contributed by atoms with Crippen LogP contribution >= 0.6 is 0 Å². The van der Waals surface area contributed by atoms with Crippen LogP contribution in [0, 0.1) is 0 Å². The molecule has 1 aromatic rings. The quantitative estimate of drug-likeness (QED) is 0.415. The van der Waals surface area contributed by atoms with Crippen molar-refractivity contribution in [1.29, 1.82) is 0 Å². The summed E-state index contributed by atoms with van der Waals surface area (Å²) in [6.07, 6.45) is 0.627. The molecule has 2 rings (SSSR count). The van der Waals surface area contributed by atoms with Crippen LogP contribution in [0.1, 0.15) is 23.2 Å². The van der Waals surface area contributed by atoms with Crippen LogP contribution < -0.4 is 16.4 Å². The van der Waals surface area contributed by atoms with E-state index in [1.165, 1.54) is 13.2 Å². The Bertz CT molecular complexity index is 571. The number of nitrogens with one attached hydrogen (secondary N) is 2. The van der Waals surface area contributed by atoms with E-state index in [1.54, 1.807) is 12.1 Å². The fraction of sp³-hybridized carbons (Fsp3) is 0.308. The first-order valence-electron chi connectivity index (χ1n) is 6.09. The summed E-state index contributed by atoms with van der Waals surface area (Å²) in [5.74, 6) is -1.25. The molecule has 1 saturated heterocycles. The first-order valence-corrected chi connectivity index (χ1v) is 6.09. The number of carbonyl (C=O) groups excluding carboxylic acids is 3. The zero-order valence-corrected chi connectivity index (χ0v) is 10.9. The molecular weight excluding hydrogens is 262 g/mol. The number of methoxy groups -OCH3 is 1. The van der Waals surface area contributed by atoms with Crippen molar-refractivity contribution in [2.45, 2.75) is 18.9 Å². The smallest absolute Gasteiger partial charge is 0.340 e. The van der Waals surface area contributed by atoms with Crippen molar-refractivity contribution in [3.63, 3.8) is 0 Å². The third-order valence-corrected chi connectivity index (χ3v) is 3.02. The Morgan fingerprint density at radius 1 is 1.45 bits per heavy atom. The lowest BCUT2D eigenvalue weighted by molar-refractivity contribution is -0.133. The fourth-order valence-electron chi connectivity index (χ4n) is 1.99. The van der Waals surface area contributed by atoms with E-state index in [0.29, 0.717) is 17.8 Å². The number of benzene rings is 1. The van der Waals surface area contributed by atoms with Gasteiger partial charge in [0.25, 0.3) is 0 Å². The molecule has 0 spiro atoms. The van der Waals surface area contributed by atoms with Gasteiger partial charge in [0.15, 0.2) is 0 Å². The van der Waals surface area contributed by atoms with Gasteiger partial charge in [0.1, 0.15) is 6.04 Å². The van der Waals surface area contributed by atoms with Crippen molar-refractivity contribution < 1.29 is 19.1 Å². The second-order valence-electron chi connectivity index (χ2n) is 4.44. The summed E-state index contributed by atoms with van der Waals surface area (Å²) in [6.45, 7) is 0. The minimum absolute atomic E-state index is 0.247. The van der Waals surface area contributed by atoms with Gasteiger partial charge in [-0.1, -0.05) is 0 Å². The number of esters is 1. The summed E-state index contributed by atoms with van der Waals surface area (Å²) in [5.41, 5.74) is 6.75. The van der Waals surface area contributed by atoms with Gasteiger partial charge in [-0.15, -0.1) is 0 Å². The van der Waals surface area contributed by atoms with Crippen LogP contribution in [0.15, 0.2) is 18.2 Å². The Morgan fingerprint density at radius 2 is 2.20 bits per heavy atom. The zero-order chi connectivity index (χ0) is 14.7. The molecule has 1 aromatic carbocycles. The third kappa shape index (κ3) is 2.87. The molecule has 1 atom stereocenters. The molecule has 1 fully saturated rings. The van der Waals surface area contributed by atoms with E-state index < -0.39 is 17.9 Å². The van der Waals surface area contributed by atoms with Crippen molar-refractivity contribution >= 4 is 29.2 Å². The maximum atomic E-state index is 11.7. The molecule has 1 aliphatic heterocycles. The molecule has 106 valence electrons. The van der Waals surface area contributed by atoms with Crippen molar-refractivity contribution in [2.75, 3.05) is 18.2 Å². The van der Waals surface area contributed by atoms with Crippen LogP contribution in [0.25, 0.3) is 0 Å². The number of rotatable bonds is 3. The van der Waals surface area contributed by atoms with Crippen molar-refractivity contribution in [2.24, 2.45) is 0 Å². The molecule has 0 radical (unpaired) electrons. The van der Waals surface area contributed by atoms with Crippen molar-refractivity contribution in [3.05, 3.63) is 23.8 Å². The predicted molar refractivity (Wildman–Crippen MR) is 72.0 cm³/mol. The highest BCUT2D eigenvalue weighted by molar-refractivity contribution is 6.02. The van der Waals surface area contributed by atoms with Gasteiger partial charge in [-0.25, -0.2) is 4.79 Å². The molecule has 0 bridgehead atoms. The molecule has 1 heterocycles. The van der Waals surface area contributed by atoms with E-state index in [1.807, 2.05) is 0 Å². The molecular formula is C13H15N3O4. The number of ether oxygens (including phenoxy) is 1. The minimum Gasteiger partial charge on any atom is -0.465 e. The molecule has 4 N–H and O–H groups in total. The molecule has 1 unspecified atom stereocenters. The van der Waals surface area contributed by atoms with Gasteiger partial charge in [-0.3, -0.25) is 14.9 Å². The second-order valence-corrected chi connectivity index (χ2v) is 4.44. The van der Waals surface area contributed by atoms with E-state index in [4.69, 9.17) is 5.73 Å². The molecule has 7 nitrogen and oxygen atoms in total. The zero-order valence-electron chi connectivity index (χ0n) is 10.9. The average molecular weight is 277 g/mol. The number of piperidine rings is 1. The van der Waals surface area contributed by atoms with Crippen LogP contribution in [0.4, 0.5) is 11.4 Å². The summed E-state index contributed by atoms with van der Waals surface area (Å²) in [4.78, 5) is 34.5. The lowest BCUT2D eigenvalue weighted by Crippen LogP contribution is -2.47. The van der Waals surface area contributed by atoms with E-state index in [2.05, 4.69) is 15.4 Å². The van der Waals surface area contributed by atoms with Gasteiger partial charge in [0, 0.05) is 17.8 Å². The lowest BCUT2D eigenvalue weighted by Gasteiger charge is -2.23. The number of imide groups is 1. The minimum atomic E-state index is -0.570. The van der Waals surface area contributed by atoms with Crippen LogP contribution in [0.5, 0.6) is 0 Å². The van der Waals surface area contributed by atoms with E-state index >= 15 is 0 Å². The molecule has 7 heteroatoms. The van der Waals surface area contributed by atoms with Gasteiger partial charge in [0.2, 0.25) is 11.8 Å². The summed E-state index contributed by atoms with van der Waals surface area (Å²) in [6, 6.07) is 4.12. The summed E-state index contributed by atoms with van der Waals surface area (Å²) in [7, 11) is 1.27. The standard InChI is InChI=1S/C13H15N3O4/c1-20-13(19)8-6-7(14)2-3-9(8)15-10-4-5-11(17)16-12(10)18/h2-3,6,10,15H,4-5,14H2,1H3,(H,16,17,18). The Balaban J connectivity index is 2.23. The SMILES string of the molecule is COC(=O)c1cc(N)ccc1NC1CCC(=O)NC1=O. The van der Waals surface area contributed by atoms with Gasteiger partial charge in [-0.05, 0) is 24.6 Å². The van der Waals surface area contributed by atoms with Crippen LogP contribution in [-0.2, 0) is 14.3 Å². The van der Waals surface area contributed by atoms with E-state index in [9.17, 15) is 14.4 Å². The Kier molecular flexibility index (Phi) is 3.88. The lowest BCUT2D eigenvalue weighted by atomic mass is 10.0. The fourth-order valence-corrected chi connectivity index (χ4v) is 1.99. The van der Waals surface area contributed by atoms with Gasteiger partial charge < -0.3 is 15.8 Å². The molecule has 2 amide bonds. The second kappa shape index (κ2) is 5.60. The Hall–Kier alpha value is -2.57. The summed E-state index contributed by atoms with van der Waals surface area (Å²) in [5, 5.41) is 5.18. The maximum absolute atomic E-state index is 11.7. The van der Waals surface area contributed by atoms with Crippen LogP contribution in [0.2, 0.25) is 0 Å². The predicted octanol–water partition coefficient (Wildman–Crippen LogP) is 0.272. The summed E-state index contributed by atoms with van der Waals surface area (Å²) < 4.78 is 4.68. The number of hydrogen-bond acceptors (Lipinski definition) is 6. The Morgan fingerprint density at radius 3 is 2.85 bits per heavy atom. The number of carbonyl (C=O) groups is 3. The third-order valence-electron chi connectivity index (χ3n) is 3.02. The van der Waals surface area contributed by atoms with Gasteiger partial charge in [-0.2, -0.15) is 0 Å². The molecule has 0 aromatic heterocycles. The highest BCUT2D eigenvalue weighted by Crippen LogP contribution is 2.22. The topological polar surface area (TPSA) is 111 Å².